The normalized spacial score (nSPS) is 14.1. The predicted molar refractivity (Wildman–Crippen MR) is 195 cm³/mol. The van der Waals surface area contributed by atoms with Gasteiger partial charge in [-0.05, 0) is 84.6 Å². The van der Waals surface area contributed by atoms with Crippen LogP contribution in [0.25, 0.3) is 0 Å². The van der Waals surface area contributed by atoms with E-state index in [9.17, 15) is 18.0 Å². The minimum Gasteiger partial charge on any atom is -0.497 e. The summed E-state index contributed by atoms with van der Waals surface area (Å²) >= 11 is 18.8. The molecule has 4 aromatic rings. The molecule has 1 aliphatic carbocycles. The lowest BCUT2D eigenvalue weighted by Gasteiger charge is -2.35. The molecule has 5 rings (SSSR count). The summed E-state index contributed by atoms with van der Waals surface area (Å²) in [4.78, 5) is 30.3. The summed E-state index contributed by atoms with van der Waals surface area (Å²) in [5, 5.41) is 4.24. The summed E-state index contributed by atoms with van der Waals surface area (Å²) < 4.78 is 34.7. The van der Waals surface area contributed by atoms with E-state index in [0.29, 0.717) is 26.4 Å². The van der Waals surface area contributed by atoms with Gasteiger partial charge in [-0.3, -0.25) is 13.9 Å². The quantitative estimate of drug-likeness (QED) is 0.150. The SMILES string of the molecule is COc1ccc(S(=O)(=O)N(CC(=O)N(Cc2ccc(Cl)c(Cl)c2)[C@@H](Cc2ccccc2)C(=O)NC2CCCCC2)c2ccc(Cl)cc2)cc1. The average molecular weight is 743 g/mol. The number of methoxy groups -OCH3 is 1. The van der Waals surface area contributed by atoms with Crippen LogP contribution in [-0.4, -0.2) is 50.9 Å². The van der Waals surface area contributed by atoms with Gasteiger partial charge in [0.05, 0.1) is 27.7 Å². The summed E-state index contributed by atoms with van der Waals surface area (Å²) in [6, 6.07) is 25.6. The van der Waals surface area contributed by atoms with Crippen LogP contribution >= 0.6 is 34.8 Å². The van der Waals surface area contributed by atoms with E-state index < -0.39 is 28.5 Å². The Morgan fingerprint density at radius 1 is 0.837 bits per heavy atom. The van der Waals surface area contributed by atoms with Gasteiger partial charge < -0.3 is 15.0 Å². The third-order valence-corrected chi connectivity index (χ3v) is 11.4. The number of hydrogen-bond acceptors (Lipinski definition) is 5. The second-order valence-corrected chi connectivity index (χ2v) is 15.1. The van der Waals surface area contributed by atoms with Gasteiger partial charge in [0.15, 0.2) is 0 Å². The largest absolute Gasteiger partial charge is 0.497 e. The van der Waals surface area contributed by atoms with Crippen molar-refractivity contribution in [2.75, 3.05) is 18.0 Å². The topological polar surface area (TPSA) is 96.0 Å². The minimum absolute atomic E-state index is 0.0116. The molecule has 1 N–H and O–H groups in total. The molecule has 1 saturated carbocycles. The Morgan fingerprint density at radius 2 is 1.51 bits per heavy atom. The van der Waals surface area contributed by atoms with Crippen LogP contribution in [0.5, 0.6) is 5.75 Å². The lowest BCUT2D eigenvalue weighted by atomic mass is 9.94. The van der Waals surface area contributed by atoms with Crippen LogP contribution in [0.2, 0.25) is 15.1 Å². The number of rotatable bonds is 13. The smallest absolute Gasteiger partial charge is 0.264 e. The summed E-state index contributed by atoms with van der Waals surface area (Å²) in [5.41, 5.74) is 1.70. The molecule has 0 spiro atoms. The Balaban J connectivity index is 1.57. The molecule has 4 aromatic carbocycles. The zero-order chi connectivity index (χ0) is 35.0. The highest BCUT2D eigenvalue weighted by Gasteiger charge is 2.35. The molecule has 0 bridgehead atoms. The minimum atomic E-state index is -4.29. The number of carbonyl (C=O) groups excluding carboxylic acids is 2. The zero-order valence-electron chi connectivity index (χ0n) is 27.0. The van der Waals surface area contributed by atoms with Crippen molar-refractivity contribution in [1.29, 1.82) is 0 Å². The maximum Gasteiger partial charge on any atom is 0.264 e. The summed E-state index contributed by atoms with van der Waals surface area (Å²) in [7, 11) is -2.80. The van der Waals surface area contributed by atoms with E-state index in [1.165, 1.54) is 48.4 Å². The maximum absolute atomic E-state index is 14.7. The fraction of sp³-hybridized carbons (Fsp3) is 0.297. The van der Waals surface area contributed by atoms with Gasteiger partial charge in [-0.25, -0.2) is 8.42 Å². The van der Waals surface area contributed by atoms with E-state index in [1.807, 2.05) is 30.3 Å². The number of benzene rings is 4. The van der Waals surface area contributed by atoms with E-state index in [-0.39, 0.29) is 35.5 Å². The first kappa shape index (κ1) is 36.5. The zero-order valence-corrected chi connectivity index (χ0v) is 30.1. The Bertz CT molecular complexity index is 1840. The molecule has 49 heavy (non-hydrogen) atoms. The van der Waals surface area contributed by atoms with Crippen molar-refractivity contribution in [3.63, 3.8) is 0 Å². The molecular weight excluding hydrogens is 705 g/mol. The van der Waals surface area contributed by atoms with Crippen LogP contribution in [0.3, 0.4) is 0 Å². The van der Waals surface area contributed by atoms with Crippen LogP contribution in [0, 0.1) is 0 Å². The van der Waals surface area contributed by atoms with Gasteiger partial charge in [-0.1, -0.05) is 90.5 Å². The number of nitrogens with zero attached hydrogens (tertiary/aromatic N) is 2. The molecule has 0 saturated heterocycles. The number of nitrogens with one attached hydrogen (secondary N) is 1. The molecule has 1 fully saturated rings. The van der Waals surface area contributed by atoms with Crippen LogP contribution in [0.15, 0.2) is 102 Å². The van der Waals surface area contributed by atoms with E-state index in [0.717, 1.165) is 42.0 Å². The van der Waals surface area contributed by atoms with Crippen LogP contribution in [0.1, 0.15) is 43.2 Å². The number of amides is 2. The second-order valence-electron chi connectivity index (χ2n) is 12.0. The fourth-order valence-electron chi connectivity index (χ4n) is 5.94. The number of halogens is 3. The molecule has 0 radical (unpaired) electrons. The number of ether oxygens (including phenoxy) is 1. The highest BCUT2D eigenvalue weighted by atomic mass is 35.5. The van der Waals surface area contributed by atoms with Crippen molar-refractivity contribution in [2.24, 2.45) is 0 Å². The Kier molecular flexibility index (Phi) is 12.5. The molecule has 0 unspecified atom stereocenters. The lowest BCUT2D eigenvalue weighted by molar-refractivity contribution is -0.140. The standard InChI is InChI=1S/C37H38Cl3N3O5S/c1-48-31-17-19-32(20-18-31)49(46,47)43(30-15-13-28(38)14-16-30)25-36(44)42(24-27-12-21-33(39)34(40)22-27)35(23-26-8-4-2-5-9-26)37(45)41-29-10-6-3-7-11-29/h2,4-5,8-9,12-22,29,35H,3,6-7,10-11,23-25H2,1H3,(H,41,45)/t35-/m0/s1. The first-order valence-electron chi connectivity index (χ1n) is 16.0. The van der Waals surface area contributed by atoms with E-state index in [4.69, 9.17) is 39.5 Å². The fourth-order valence-corrected chi connectivity index (χ4v) is 7.80. The molecule has 8 nitrogen and oxygen atoms in total. The van der Waals surface area contributed by atoms with Gasteiger partial charge in [-0.2, -0.15) is 0 Å². The Hall–Kier alpha value is -3.76. The third kappa shape index (κ3) is 9.48. The van der Waals surface area contributed by atoms with E-state index >= 15 is 0 Å². The molecule has 2 amide bonds. The van der Waals surface area contributed by atoms with Crippen LogP contribution in [-0.2, 0) is 32.6 Å². The Labute approximate surface area is 303 Å². The Morgan fingerprint density at radius 3 is 2.14 bits per heavy atom. The highest BCUT2D eigenvalue weighted by Crippen LogP contribution is 2.29. The number of carbonyl (C=O) groups is 2. The van der Waals surface area contributed by atoms with E-state index in [2.05, 4.69) is 5.32 Å². The van der Waals surface area contributed by atoms with Gasteiger partial charge in [0.25, 0.3) is 10.0 Å². The van der Waals surface area contributed by atoms with Gasteiger partial charge in [-0.15, -0.1) is 0 Å². The summed E-state index contributed by atoms with van der Waals surface area (Å²) in [5.74, 6) is -0.411. The first-order valence-corrected chi connectivity index (χ1v) is 18.6. The lowest BCUT2D eigenvalue weighted by Crippen LogP contribution is -2.55. The second kappa shape index (κ2) is 16.8. The van der Waals surface area contributed by atoms with E-state index in [1.54, 1.807) is 30.3 Å². The third-order valence-electron chi connectivity index (χ3n) is 8.60. The number of anilines is 1. The van der Waals surface area contributed by atoms with Crippen molar-refractivity contribution in [3.05, 3.63) is 123 Å². The van der Waals surface area contributed by atoms with Crippen LogP contribution in [0.4, 0.5) is 5.69 Å². The average Bonchev–Trinajstić information content (AvgIpc) is 3.11. The van der Waals surface area contributed by atoms with Crippen LogP contribution < -0.4 is 14.4 Å². The molecule has 0 aliphatic heterocycles. The number of sulfonamides is 1. The monoisotopic (exact) mass is 741 g/mol. The molecule has 1 aliphatic rings. The summed E-state index contributed by atoms with van der Waals surface area (Å²) in [6.07, 6.45) is 5.06. The predicted octanol–water partition coefficient (Wildman–Crippen LogP) is 7.94. The van der Waals surface area contributed by atoms with Crippen molar-refractivity contribution >= 4 is 62.3 Å². The van der Waals surface area contributed by atoms with Gasteiger partial charge >= 0.3 is 0 Å². The molecule has 258 valence electrons. The van der Waals surface area contributed by atoms with Crippen molar-refractivity contribution in [3.8, 4) is 5.75 Å². The first-order chi connectivity index (χ1) is 23.5. The van der Waals surface area contributed by atoms with Crippen molar-refractivity contribution in [1.82, 2.24) is 10.2 Å². The van der Waals surface area contributed by atoms with Crippen molar-refractivity contribution in [2.45, 2.75) is 62.0 Å². The molecule has 12 heteroatoms. The molecular formula is C37H38Cl3N3O5S. The van der Waals surface area contributed by atoms with Gasteiger partial charge in [0.2, 0.25) is 11.8 Å². The maximum atomic E-state index is 14.7. The van der Waals surface area contributed by atoms with Gasteiger partial charge in [0.1, 0.15) is 18.3 Å². The highest BCUT2D eigenvalue weighted by molar-refractivity contribution is 7.92. The van der Waals surface area contributed by atoms with Gasteiger partial charge in [0, 0.05) is 24.0 Å². The molecule has 0 aromatic heterocycles. The van der Waals surface area contributed by atoms with Crippen molar-refractivity contribution < 1.29 is 22.7 Å². The molecule has 1 atom stereocenters. The number of hydrogen-bond donors (Lipinski definition) is 1. The summed E-state index contributed by atoms with van der Waals surface area (Å²) in [6.45, 7) is -0.623. The molecule has 0 heterocycles.